The molecular weight excluding hydrogens is 215 g/mol. The van der Waals surface area contributed by atoms with Crippen LogP contribution in [0.5, 0.6) is 0 Å². The summed E-state index contributed by atoms with van der Waals surface area (Å²) in [6.07, 6.45) is -2.68. The summed E-state index contributed by atoms with van der Waals surface area (Å²) in [6, 6.07) is 10.3. The van der Waals surface area contributed by atoms with Crippen LogP contribution in [0, 0.1) is 0 Å². The molecule has 0 amide bonds. The van der Waals surface area contributed by atoms with E-state index in [1.165, 1.54) is 12.1 Å². The summed E-state index contributed by atoms with van der Waals surface area (Å²) in [7, 11) is 0. The van der Waals surface area contributed by atoms with E-state index in [1.54, 1.807) is 24.4 Å². The van der Waals surface area contributed by atoms with Crippen molar-refractivity contribution in [3.63, 3.8) is 0 Å². The van der Waals surface area contributed by atoms with Crippen LogP contribution < -0.4 is 0 Å². The van der Waals surface area contributed by atoms with Gasteiger partial charge in [0.1, 0.15) is 0 Å². The second-order valence-corrected chi connectivity index (χ2v) is 3.29. The number of hydrogen-bond donors (Lipinski definition) is 0. The van der Waals surface area contributed by atoms with E-state index in [0.717, 1.165) is 12.1 Å². The molecule has 82 valence electrons. The maximum absolute atomic E-state index is 12.3. The molecule has 0 fully saturated rings. The fourth-order valence-electron chi connectivity index (χ4n) is 1.36. The fourth-order valence-corrected chi connectivity index (χ4v) is 1.36. The van der Waals surface area contributed by atoms with Gasteiger partial charge < -0.3 is 0 Å². The lowest BCUT2D eigenvalue weighted by atomic mass is 10.1. The Bertz CT molecular complexity index is 460. The summed E-state index contributed by atoms with van der Waals surface area (Å²) in [4.78, 5) is 4.06. The zero-order valence-corrected chi connectivity index (χ0v) is 8.20. The van der Waals surface area contributed by atoms with E-state index in [2.05, 4.69) is 4.98 Å². The zero-order chi connectivity index (χ0) is 11.6. The third kappa shape index (κ3) is 2.21. The highest BCUT2D eigenvalue weighted by atomic mass is 19.4. The van der Waals surface area contributed by atoms with Crippen LogP contribution in [-0.4, -0.2) is 4.98 Å². The van der Waals surface area contributed by atoms with Gasteiger partial charge >= 0.3 is 6.18 Å². The maximum atomic E-state index is 12.3. The van der Waals surface area contributed by atoms with Gasteiger partial charge in [-0.3, -0.25) is 4.98 Å². The Morgan fingerprint density at radius 1 is 0.875 bits per heavy atom. The molecule has 0 aliphatic rings. The van der Waals surface area contributed by atoms with Gasteiger partial charge in [-0.15, -0.1) is 0 Å². The van der Waals surface area contributed by atoms with Gasteiger partial charge in [-0.1, -0.05) is 18.2 Å². The molecule has 0 atom stereocenters. The minimum absolute atomic E-state index is 0.646. The first kappa shape index (κ1) is 10.7. The van der Waals surface area contributed by atoms with Crippen molar-refractivity contribution < 1.29 is 13.2 Å². The molecule has 1 nitrogen and oxygen atoms in total. The van der Waals surface area contributed by atoms with Gasteiger partial charge in [0.25, 0.3) is 0 Å². The van der Waals surface area contributed by atoms with Crippen LogP contribution in [-0.2, 0) is 6.18 Å². The lowest BCUT2D eigenvalue weighted by Gasteiger charge is -2.07. The average Bonchev–Trinajstić information content (AvgIpc) is 2.29. The summed E-state index contributed by atoms with van der Waals surface area (Å²) in [5.41, 5.74) is 0.692. The van der Waals surface area contributed by atoms with Crippen LogP contribution in [0.25, 0.3) is 11.3 Å². The Balaban J connectivity index is 2.34. The van der Waals surface area contributed by atoms with Crippen molar-refractivity contribution in [2.45, 2.75) is 6.18 Å². The first-order valence-electron chi connectivity index (χ1n) is 4.66. The minimum Gasteiger partial charge on any atom is -0.256 e. The summed E-state index contributed by atoms with van der Waals surface area (Å²) in [5, 5.41) is 0. The van der Waals surface area contributed by atoms with E-state index in [1.807, 2.05) is 0 Å². The highest BCUT2D eigenvalue weighted by Crippen LogP contribution is 2.30. The summed E-state index contributed by atoms with van der Waals surface area (Å²) < 4.78 is 36.9. The summed E-state index contributed by atoms with van der Waals surface area (Å²) >= 11 is 0. The normalized spacial score (nSPS) is 11.4. The highest BCUT2D eigenvalue weighted by Gasteiger charge is 2.29. The van der Waals surface area contributed by atoms with Gasteiger partial charge in [-0.05, 0) is 24.3 Å². The standard InChI is InChI=1S/C12H8F3N/c13-12(14,15)10-6-4-9(5-7-10)11-3-1-2-8-16-11/h1-8H. The van der Waals surface area contributed by atoms with Crippen molar-refractivity contribution in [3.05, 3.63) is 54.2 Å². The van der Waals surface area contributed by atoms with Crippen LogP contribution in [0.4, 0.5) is 13.2 Å². The number of nitrogens with zero attached hydrogens (tertiary/aromatic N) is 1. The van der Waals surface area contributed by atoms with Gasteiger partial charge in [0.2, 0.25) is 0 Å². The lowest BCUT2D eigenvalue weighted by molar-refractivity contribution is -0.137. The predicted molar refractivity (Wildman–Crippen MR) is 54.7 cm³/mol. The monoisotopic (exact) mass is 223 g/mol. The second-order valence-electron chi connectivity index (χ2n) is 3.29. The number of alkyl halides is 3. The van der Waals surface area contributed by atoms with Gasteiger partial charge in [0.05, 0.1) is 11.3 Å². The molecule has 0 saturated heterocycles. The molecule has 0 aliphatic carbocycles. The first-order chi connectivity index (χ1) is 7.57. The van der Waals surface area contributed by atoms with Crippen molar-refractivity contribution in [1.82, 2.24) is 4.98 Å². The van der Waals surface area contributed by atoms with Crippen LogP contribution in [0.1, 0.15) is 5.56 Å². The number of rotatable bonds is 1. The van der Waals surface area contributed by atoms with Crippen molar-refractivity contribution in [3.8, 4) is 11.3 Å². The molecule has 0 unspecified atom stereocenters. The molecule has 0 N–H and O–H groups in total. The number of halogens is 3. The second kappa shape index (κ2) is 3.96. The highest BCUT2D eigenvalue weighted by molar-refractivity contribution is 5.59. The quantitative estimate of drug-likeness (QED) is 0.717. The number of pyridine rings is 1. The third-order valence-electron chi connectivity index (χ3n) is 2.17. The van der Waals surface area contributed by atoms with E-state index in [0.29, 0.717) is 11.3 Å². The molecule has 0 saturated carbocycles. The van der Waals surface area contributed by atoms with Crippen molar-refractivity contribution >= 4 is 0 Å². The Morgan fingerprint density at radius 3 is 2.06 bits per heavy atom. The van der Waals surface area contributed by atoms with Crippen LogP contribution in [0.3, 0.4) is 0 Å². The number of aromatic nitrogens is 1. The maximum Gasteiger partial charge on any atom is 0.416 e. The Morgan fingerprint density at radius 2 is 1.56 bits per heavy atom. The molecular formula is C12H8F3N. The Kier molecular flexibility index (Phi) is 2.64. The van der Waals surface area contributed by atoms with E-state index in [4.69, 9.17) is 0 Å². The summed E-state index contributed by atoms with van der Waals surface area (Å²) in [5.74, 6) is 0. The number of hydrogen-bond acceptors (Lipinski definition) is 1. The Hall–Kier alpha value is -1.84. The van der Waals surface area contributed by atoms with E-state index >= 15 is 0 Å². The topological polar surface area (TPSA) is 12.9 Å². The van der Waals surface area contributed by atoms with Gasteiger partial charge in [-0.25, -0.2) is 0 Å². The molecule has 0 radical (unpaired) electrons. The van der Waals surface area contributed by atoms with Crippen LogP contribution in [0.15, 0.2) is 48.7 Å². The molecule has 4 heteroatoms. The molecule has 1 aromatic carbocycles. The van der Waals surface area contributed by atoms with Gasteiger partial charge in [0, 0.05) is 11.8 Å². The molecule has 0 aliphatic heterocycles. The van der Waals surface area contributed by atoms with Crippen LogP contribution >= 0.6 is 0 Å². The van der Waals surface area contributed by atoms with Gasteiger partial charge in [-0.2, -0.15) is 13.2 Å². The zero-order valence-electron chi connectivity index (χ0n) is 8.20. The average molecular weight is 223 g/mol. The van der Waals surface area contributed by atoms with E-state index in [9.17, 15) is 13.2 Å². The minimum atomic E-state index is -4.29. The molecule has 2 aromatic rings. The van der Waals surface area contributed by atoms with Crippen LogP contribution in [0.2, 0.25) is 0 Å². The fraction of sp³-hybridized carbons (Fsp3) is 0.0833. The van der Waals surface area contributed by atoms with Gasteiger partial charge in [0.15, 0.2) is 0 Å². The molecule has 1 heterocycles. The summed E-state index contributed by atoms with van der Waals surface area (Å²) in [6.45, 7) is 0. The Labute approximate surface area is 90.6 Å². The van der Waals surface area contributed by atoms with Crippen molar-refractivity contribution in [2.24, 2.45) is 0 Å². The molecule has 1 aromatic heterocycles. The largest absolute Gasteiger partial charge is 0.416 e. The molecule has 0 bridgehead atoms. The predicted octanol–water partition coefficient (Wildman–Crippen LogP) is 3.77. The lowest BCUT2D eigenvalue weighted by Crippen LogP contribution is -2.04. The van der Waals surface area contributed by atoms with E-state index < -0.39 is 11.7 Å². The number of benzene rings is 1. The molecule has 16 heavy (non-hydrogen) atoms. The third-order valence-corrected chi connectivity index (χ3v) is 2.17. The van der Waals surface area contributed by atoms with Crippen molar-refractivity contribution in [2.75, 3.05) is 0 Å². The molecule has 2 rings (SSSR count). The first-order valence-corrected chi connectivity index (χ1v) is 4.66. The van der Waals surface area contributed by atoms with E-state index in [-0.39, 0.29) is 0 Å². The SMILES string of the molecule is FC(F)(F)c1ccc(-c2ccccn2)cc1. The molecule has 0 spiro atoms. The van der Waals surface area contributed by atoms with Crippen molar-refractivity contribution in [1.29, 1.82) is 0 Å². The smallest absolute Gasteiger partial charge is 0.256 e.